The molecular formula is C16H23N7S. The Balaban J connectivity index is 2.51. The number of rotatable bonds is 2. The van der Waals surface area contributed by atoms with Crippen LogP contribution in [0.25, 0.3) is 0 Å². The van der Waals surface area contributed by atoms with Gasteiger partial charge in [-0.05, 0) is 11.5 Å². The highest BCUT2D eigenvalue weighted by Gasteiger charge is 2.27. The van der Waals surface area contributed by atoms with E-state index in [2.05, 4.69) is 25.8 Å². The average Bonchev–Trinajstić information content (AvgIpc) is 2.98. The molecule has 128 valence electrons. The van der Waals surface area contributed by atoms with Gasteiger partial charge in [-0.2, -0.15) is 14.7 Å². The lowest BCUT2D eigenvalue weighted by atomic mass is 9.90. The van der Waals surface area contributed by atoms with Gasteiger partial charge in [-0.3, -0.25) is 4.68 Å². The second-order valence-electron chi connectivity index (χ2n) is 7.73. The molecule has 0 atom stereocenters. The summed E-state index contributed by atoms with van der Waals surface area (Å²) >= 11 is 1.17. The number of hydrogen-bond donors (Lipinski definition) is 1. The molecule has 0 unspecified atom stereocenters. The molecule has 2 aromatic rings. The van der Waals surface area contributed by atoms with Crippen LogP contribution in [0.1, 0.15) is 58.5 Å². The third kappa shape index (κ3) is 3.31. The fourth-order valence-corrected chi connectivity index (χ4v) is 3.04. The number of nitriles is 1. The van der Waals surface area contributed by atoms with Crippen LogP contribution >= 0.6 is 11.5 Å². The molecule has 7 nitrogen and oxygen atoms in total. The number of hydrogen-bond acceptors (Lipinski definition) is 7. The van der Waals surface area contributed by atoms with Crippen molar-refractivity contribution < 1.29 is 0 Å². The zero-order chi connectivity index (χ0) is 18.3. The molecular weight excluding hydrogens is 322 g/mol. The van der Waals surface area contributed by atoms with Crippen LogP contribution in [0.3, 0.4) is 0 Å². The second-order valence-corrected chi connectivity index (χ2v) is 8.48. The highest BCUT2D eigenvalue weighted by Crippen LogP contribution is 2.38. The van der Waals surface area contributed by atoms with E-state index in [1.54, 1.807) is 11.7 Å². The van der Waals surface area contributed by atoms with Crippen LogP contribution in [0, 0.1) is 11.3 Å². The van der Waals surface area contributed by atoms with Crippen LogP contribution in [0.5, 0.6) is 0 Å². The van der Waals surface area contributed by atoms with E-state index in [1.165, 1.54) is 11.5 Å². The van der Waals surface area contributed by atoms with E-state index < -0.39 is 0 Å². The zero-order valence-electron chi connectivity index (χ0n) is 15.2. The van der Waals surface area contributed by atoms with Gasteiger partial charge in [0.1, 0.15) is 17.5 Å². The molecule has 2 aromatic heterocycles. The lowest BCUT2D eigenvalue weighted by Crippen LogP contribution is -2.13. The number of nitrogens with two attached hydrogens (primary N) is 1. The van der Waals surface area contributed by atoms with Crippen molar-refractivity contribution in [3.63, 3.8) is 0 Å². The normalized spacial score (nSPS) is 12.8. The maximum Gasteiger partial charge on any atom is 0.176 e. The van der Waals surface area contributed by atoms with Crippen molar-refractivity contribution >= 4 is 28.0 Å². The lowest BCUT2D eigenvalue weighted by molar-refractivity contribution is 0.554. The topological polar surface area (TPSA) is 105 Å². The first-order chi connectivity index (χ1) is 11.0. The molecule has 0 aliphatic heterocycles. The molecule has 0 saturated heterocycles. The summed E-state index contributed by atoms with van der Waals surface area (Å²) in [5.41, 5.74) is 8.15. The van der Waals surface area contributed by atoms with Crippen LogP contribution in [0.2, 0.25) is 0 Å². The number of nitrogen functional groups attached to an aromatic ring is 1. The lowest BCUT2D eigenvalue weighted by Gasteiger charge is -2.15. The monoisotopic (exact) mass is 345 g/mol. The van der Waals surface area contributed by atoms with E-state index >= 15 is 0 Å². The van der Waals surface area contributed by atoms with Crippen molar-refractivity contribution in [3.8, 4) is 6.07 Å². The standard InChI is InChI=1S/C16H23N7S/c1-15(2,3)11-9(8-17)14(24-22-11)20-19-10-12(16(4,5)6)21-23(7)13(10)18/h18H2,1-7H3. The maximum atomic E-state index is 9.47. The van der Waals surface area contributed by atoms with E-state index in [1.807, 2.05) is 41.5 Å². The molecule has 2 rings (SSSR count). The summed E-state index contributed by atoms with van der Waals surface area (Å²) in [6.45, 7) is 12.2. The largest absolute Gasteiger partial charge is 0.382 e. The van der Waals surface area contributed by atoms with Gasteiger partial charge >= 0.3 is 0 Å². The quantitative estimate of drug-likeness (QED) is 0.817. The molecule has 0 bridgehead atoms. The van der Waals surface area contributed by atoms with Crippen molar-refractivity contribution in [2.45, 2.75) is 52.4 Å². The third-order valence-corrected chi connectivity index (χ3v) is 4.25. The Bertz CT molecular complexity index is 822. The van der Waals surface area contributed by atoms with Gasteiger partial charge in [0.05, 0.1) is 11.4 Å². The predicted molar refractivity (Wildman–Crippen MR) is 96.0 cm³/mol. The Kier molecular flexibility index (Phi) is 4.50. The molecule has 0 amide bonds. The number of aromatic nitrogens is 3. The minimum absolute atomic E-state index is 0.216. The minimum Gasteiger partial charge on any atom is -0.382 e. The Hall–Kier alpha value is -2.27. The average molecular weight is 345 g/mol. The molecule has 0 aliphatic rings. The number of aryl methyl sites for hydroxylation is 1. The van der Waals surface area contributed by atoms with E-state index in [0.717, 1.165) is 11.4 Å². The summed E-state index contributed by atoms with van der Waals surface area (Å²) in [5, 5.41) is 23.0. The number of azo groups is 1. The van der Waals surface area contributed by atoms with Crippen LogP contribution < -0.4 is 5.73 Å². The van der Waals surface area contributed by atoms with E-state index in [-0.39, 0.29) is 10.8 Å². The first kappa shape index (κ1) is 18.1. The second kappa shape index (κ2) is 5.98. The summed E-state index contributed by atoms with van der Waals surface area (Å²) in [6, 6.07) is 2.19. The van der Waals surface area contributed by atoms with Gasteiger partial charge in [0.2, 0.25) is 0 Å². The summed E-state index contributed by atoms with van der Waals surface area (Å²) in [6.07, 6.45) is 0. The van der Waals surface area contributed by atoms with Gasteiger partial charge in [-0.1, -0.05) is 41.5 Å². The zero-order valence-corrected chi connectivity index (χ0v) is 16.0. The maximum absolute atomic E-state index is 9.47. The number of nitrogens with zero attached hydrogens (tertiary/aromatic N) is 6. The fourth-order valence-electron chi connectivity index (χ4n) is 2.19. The van der Waals surface area contributed by atoms with E-state index in [0.29, 0.717) is 22.1 Å². The predicted octanol–water partition coefficient (Wildman–Crippen LogP) is 4.34. The minimum atomic E-state index is -0.223. The van der Waals surface area contributed by atoms with Crippen LogP contribution in [0.4, 0.5) is 16.5 Å². The van der Waals surface area contributed by atoms with E-state index in [9.17, 15) is 5.26 Å². The molecule has 0 saturated carbocycles. The highest BCUT2D eigenvalue weighted by molar-refractivity contribution is 7.10. The Morgan fingerprint density at radius 1 is 1.08 bits per heavy atom. The first-order valence-corrected chi connectivity index (χ1v) is 8.39. The fraction of sp³-hybridized carbons (Fsp3) is 0.562. The Labute approximate surface area is 146 Å². The molecule has 0 radical (unpaired) electrons. The van der Waals surface area contributed by atoms with Crippen LogP contribution in [0.15, 0.2) is 10.2 Å². The Morgan fingerprint density at radius 3 is 2.17 bits per heavy atom. The van der Waals surface area contributed by atoms with Crippen molar-refractivity contribution in [3.05, 3.63) is 17.0 Å². The van der Waals surface area contributed by atoms with Crippen molar-refractivity contribution in [1.82, 2.24) is 14.2 Å². The summed E-state index contributed by atoms with van der Waals surface area (Å²) < 4.78 is 5.97. The van der Waals surface area contributed by atoms with Crippen LogP contribution in [-0.4, -0.2) is 14.2 Å². The van der Waals surface area contributed by atoms with Gasteiger partial charge in [0, 0.05) is 17.9 Å². The van der Waals surface area contributed by atoms with Crippen LogP contribution in [-0.2, 0) is 17.9 Å². The van der Waals surface area contributed by atoms with Gasteiger partial charge in [0.15, 0.2) is 10.7 Å². The highest BCUT2D eigenvalue weighted by atomic mass is 32.1. The van der Waals surface area contributed by atoms with Crippen molar-refractivity contribution in [2.75, 3.05) is 5.73 Å². The van der Waals surface area contributed by atoms with Gasteiger partial charge < -0.3 is 5.73 Å². The molecule has 0 fully saturated rings. The molecule has 0 aromatic carbocycles. The SMILES string of the molecule is Cn1nc(C(C)(C)C)c(N=Nc2snc(C(C)(C)C)c2C#N)c1N. The smallest absolute Gasteiger partial charge is 0.176 e. The van der Waals surface area contributed by atoms with Gasteiger partial charge in [-0.15, -0.1) is 10.2 Å². The summed E-state index contributed by atoms with van der Waals surface area (Å²) in [4.78, 5) is 0. The molecule has 24 heavy (non-hydrogen) atoms. The molecule has 0 aliphatic carbocycles. The van der Waals surface area contributed by atoms with Crippen molar-refractivity contribution in [2.24, 2.45) is 17.3 Å². The van der Waals surface area contributed by atoms with Gasteiger partial charge in [0.25, 0.3) is 0 Å². The number of anilines is 1. The molecule has 8 heteroatoms. The van der Waals surface area contributed by atoms with Gasteiger partial charge in [-0.25, -0.2) is 0 Å². The molecule has 0 spiro atoms. The first-order valence-electron chi connectivity index (χ1n) is 7.61. The van der Waals surface area contributed by atoms with Crippen molar-refractivity contribution in [1.29, 1.82) is 5.26 Å². The third-order valence-electron chi connectivity index (χ3n) is 3.51. The molecule has 2 N–H and O–H groups in total. The Morgan fingerprint density at radius 2 is 1.67 bits per heavy atom. The summed E-state index contributed by atoms with van der Waals surface area (Å²) in [7, 11) is 1.77. The van der Waals surface area contributed by atoms with E-state index in [4.69, 9.17) is 5.73 Å². The molecule has 2 heterocycles. The summed E-state index contributed by atoms with van der Waals surface area (Å²) in [5.74, 6) is 0.447.